The first-order valence-corrected chi connectivity index (χ1v) is 6.36. The van der Waals surface area contributed by atoms with E-state index in [0.29, 0.717) is 12.8 Å². The molecular weight excluding hydrogens is 286 g/mol. The summed E-state index contributed by atoms with van der Waals surface area (Å²) in [5.74, 6) is -4.85. The molecule has 0 radical (unpaired) electrons. The summed E-state index contributed by atoms with van der Waals surface area (Å²) in [6.07, 6.45) is 1.22. The highest BCUT2D eigenvalue weighted by atomic mass is 35.5. The number of nitrogens with one attached hydrogen (secondary N) is 1. The van der Waals surface area contributed by atoms with Crippen LogP contribution < -0.4 is 11.1 Å². The minimum atomic E-state index is -3.54. The fourth-order valence-electron chi connectivity index (χ4n) is 1.65. The van der Waals surface area contributed by atoms with Crippen LogP contribution in [0.25, 0.3) is 0 Å². The standard InChI is InChI=1S/C14H20F2N2O.ClH/c1-3-13(17,4-2)10-18-12(19)14(15,16)11-8-6-5-7-9-11;/h5-9H,3-4,10,17H2,1-2H3,(H,18,19);1H. The van der Waals surface area contributed by atoms with Crippen molar-refractivity contribution in [2.45, 2.75) is 38.2 Å². The van der Waals surface area contributed by atoms with Gasteiger partial charge in [-0.2, -0.15) is 8.78 Å². The van der Waals surface area contributed by atoms with Crippen molar-refractivity contribution in [2.24, 2.45) is 5.73 Å². The number of nitrogens with two attached hydrogens (primary N) is 1. The third-order valence-electron chi connectivity index (χ3n) is 3.43. The summed E-state index contributed by atoms with van der Waals surface area (Å²) in [4.78, 5) is 11.6. The van der Waals surface area contributed by atoms with E-state index in [-0.39, 0.29) is 24.5 Å². The molecule has 6 heteroatoms. The molecule has 0 bridgehead atoms. The number of alkyl halides is 2. The summed E-state index contributed by atoms with van der Waals surface area (Å²) in [5, 5.41) is 2.25. The van der Waals surface area contributed by atoms with E-state index >= 15 is 0 Å². The number of carbonyl (C=O) groups is 1. The zero-order valence-electron chi connectivity index (χ0n) is 11.7. The molecule has 0 heterocycles. The molecule has 3 N–H and O–H groups in total. The molecule has 0 aliphatic heterocycles. The molecule has 0 unspecified atom stereocenters. The minimum Gasteiger partial charge on any atom is -0.349 e. The first kappa shape index (κ1) is 18.8. The zero-order chi connectivity index (χ0) is 14.5. The van der Waals surface area contributed by atoms with Gasteiger partial charge in [-0.05, 0) is 12.8 Å². The Balaban J connectivity index is 0.00000361. The van der Waals surface area contributed by atoms with E-state index in [9.17, 15) is 13.6 Å². The van der Waals surface area contributed by atoms with Gasteiger partial charge in [-0.25, -0.2) is 0 Å². The fraction of sp³-hybridized carbons (Fsp3) is 0.500. The lowest BCUT2D eigenvalue weighted by Crippen LogP contribution is -2.51. The second-order valence-corrected chi connectivity index (χ2v) is 4.69. The minimum absolute atomic E-state index is 0. The summed E-state index contributed by atoms with van der Waals surface area (Å²) in [7, 11) is 0. The normalized spacial score (nSPS) is 11.7. The molecule has 0 saturated heterocycles. The lowest BCUT2D eigenvalue weighted by molar-refractivity contribution is -0.147. The first-order valence-electron chi connectivity index (χ1n) is 6.36. The Bertz CT molecular complexity index is 422. The van der Waals surface area contributed by atoms with Crippen LogP contribution in [0.3, 0.4) is 0 Å². The molecule has 20 heavy (non-hydrogen) atoms. The molecule has 0 spiro atoms. The van der Waals surface area contributed by atoms with Crippen molar-refractivity contribution in [1.29, 1.82) is 0 Å². The quantitative estimate of drug-likeness (QED) is 0.849. The Morgan fingerprint density at radius 2 is 1.70 bits per heavy atom. The number of hydrogen-bond acceptors (Lipinski definition) is 2. The molecule has 1 aromatic carbocycles. The summed E-state index contributed by atoms with van der Waals surface area (Å²) in [5.41, 5.74) is 5.01. The molecule has 0 fully saturated rings. The number of carbonyl (C=O) groups excluding carboxylic acids is 1. The van der Waals surface area contributed by atoms with Crippen LogP contribution in [0.4, 0.5) is 8.78 Å². The van der Waals surface area contributed by atoms with Crippen LogP contribution in [0.2, 0.25) is 0 Å². The van der Waals surface area contributed by atoms with Crippen molar-refractivity contribution in [1.82, 2.24) is 5.32 Å². The number of benzene rings is 1. The molecule has 1 amide bonds. The van der Waals surface area contributed by atoms with Crippen molar-refractivity contribution < 1.29 is 13.6 Å². The van der Waals surface area contributed by atoms with Crippen molar-refractivity contribution in [3.05, 3.63) is 35.9 Å². The molecule has 3 nitrogen and oxygen atoms in total. The number of rotatable bonds is 6. The van der Waals surface area contributed by atoms with E-state index in [1.807, 2.05) is 13.8 Å². The van der Waals surface area contributed by atoms with Crippen LogP contribution in [-0.4, -0.2) is 18.0 Å². The SMILES string of the molecule is CCC(N)(CC)CNC(=O)C(F)(F)c1ccccc1.Cl. The van der Waals surface area contributed by atoms with Gasteiger partial charge in [0.2, 0.25) is 0 Å². The lowest BCUT2D eigenvalue weighted by Gasteiger charge is -2.28. The molecule has 114 valence electrons. The molecule has 0 aromatic heterocycles. The summed E-state index contributed by atoms with van der Waals surface area (Å²) in [6, 6.07) is 7.03. The van der Waals surface area contributed by atoms with Crippen molar-refractivity contribution in [2.75, 3.05) is 6.54 Å². The largest absolute Gasteiger partial charge is 0.349 e. The van der Waals surface area contributed by atoms with Crippen LogP contribution in [0, 0.1) is 0 Å². The molecule has 0 saturated carbocycles. The van der Waals surface area contributed by atoms with E-state index in [1.54, 1.807) is 6.07 Å². The van der Waals surface area contributed by atoms with Gasteiger partial charge in [0.25, 0.3) is 5.91 Å². The molecule has 0 aliphatic rings. The summed E-state index contributed by atoms with van der Waals surface area (Å²) >= 11 is 0. The molecular formula is C14H21ClF2N2O. The third-order valence-corrected chi connectivity index (χ3v) is 3.43. The van der Waals surface area contributed by atoms with Crippen LogP contribution >= 0.6 is 12.4 Å². The summed E-state index contributed by atoms with van der Waals surface area (Å²) in [6.45, 7) is 3.78. The Labute approximate surface area is 124 Å². The first-order chi connectivity index (χ1) is 8.85. The van der Waals surface area contributed by atoms with Gasteiger partial charge >= 0.3 is 5.92 Å². The van der Waals surface area contributed by atoms with E-state index in [0.717, 1.165) is 0 Å². The van der Waals surface area contributed by atoms with Crippen LogP contribution in [0.1, 0.15) is 32.3 Å². The van der Waals surface area contributed by atoms with Crippen LogP contribution in [0.5, 0.6) is 0 Å². The van der Waals surface area contributed by atoms with Gasteiger partial charge < -0.3 is 11.1 Å². The number of halogens is 3. The third kappa shape index (κ3) is 4.42. The maximum atomic E-state index is 13.9. The van der Waals surface area contributed by atoms with Crippen molar-refractivity contribution in [3.8, 4) is 0 Å². The van der Waals surface area contributed by atoms with Gasteiger partial charge in [0.05, 0.1) is 0 Å². The average Bonchev–Trinajstić information content (AvgIpc) is 2.45. The second-order valence-electron chi connectivity index (χ2n) is 4.69. The maximum Gasteiger partial charge on any atom is 0.349 e. The maximum absolute atomic E-state index is 13.9. The number of hydrogen-bond donors (Lipinski definition) is 2. The van der Waals surface area contributed by atoms with Gasteiger partial charge in [-0.3, -0.25) is 4.79 Å². The Morgan fingerprint density at radius 1 is 1.20 bits per heavy atom. The van der Waals surface area contributed by atoms with Gasteiger partial charge in [0.1, 0.15) is 0 Å². The van der Waals surface area contributed by atoms with Gasteiger partial charge in [0.15, 0.2) is 0 Å². The lowest BCUT2D eigenvalue weighted by atomic mass is 9.94. The molecule has 0 atom stereocenters. The van der Waals surface area contributed by atoms with E-state index in [2.05, 4.69) is 5.32 Å². The Hall–Kier alpha value is -1.20. The van der Waals surface area contributed by atoms with Crippen molar-refractivity contribution >= 4 is 18.3 Å². The average molecular weight is 307 g/mol. The predicted octanol–water partition coefficient (Wildman–Crippen LogP) is 2.83. The fourth-order valence-corrected chi connectivity index (χ4v) is 1.65. The highest BCUT2D eigenvalue weighted by Crippen LogP contribution is 2.27. The van der Waals surface area contributed by atoms with E-state index < -0.39 is 17.4 Å². The highest BCUT2D eigenvalue weighted by molar-refractivity contribution is 5.85. The van der Waals surface area contributed by atoms with Crippen LogP contribution in [-0.2, 0) is 10.7 Å². The topological polar surface area (TPSA) is 55.1 Å². The smallest absolute Gasteiger partial charge is 0.349 e. The van der Waals surface area contributed by atoms with E-state index in [1.165, 1.54) is 24.3 Å². The van der Waals surface area contributed by atoms with Gasteiger partial charge in [-0.1, -0.05) is 44.2 Å². The molecule has 1 rings (SSSR count). The molecule has 0 aliphatic carbocycles. The zero-order valence-corrected chi connectivity index (χ0v) is 12.5. The number of amides is 1. The van der Waals surface area contributed by atoms with Crippen LogP contribution in [0.15, 0.2) is 30.3 Å². The summed E-state index contributed by atoms with van der Waals surface area (Å²) < 4.78 is 27.8. The Kier molecular flexibility index (Phi) is 7.09. The monoisotopic (exact) mass is 306 g/mol. The van der Waals surface area contributed by atoms with Gasteiger partial charge in [0, 0.05) is 17.6 Å². The van der Waals surface area contributed by atoms with Gasteiger partial charge in [-0.15, -0.1) is 12.4 Å². The molecule has 1 aromatic rings. The Morgan fingerprint density at radius 3 is 2.15 bits per heavy atom. The highest BCUT2D eigenvalue weighted by Gasteiger charge is 2.41. The van der Waals surface area contributed by atoms with E-state index in [4.69, 9.17) is 5.73 Å². The predicted molar refractivity (Wildman–Crippen MR) is 78.1 cm³/mol. The van der Waals surface area contributed by atoms with Crippen molar-refractivity contribution in [3.63, 3.8) is 0 Å². The second kappa shape index (κ2) is 7.55.